The van der Waals surface area contributed by atoms with E-state index in [0.717, 1.165) is 25.1 Å². The van der Waals surface area contributed by atoms with Crippen molar-refractivity contribution in [2.24, 2.45) is 5.92 Å². The number of anilines is 1. The Morgan fingerprint density at radius 1 is 1.09 bits per heavy atom. The van der Waals surface area contributed by atoms with Gasteiger partial charge in [0.15, 0.2) is 0 Å². The molecule has 7 heteroatoms. The summed E-state index contributed by atoms with van der Waals surface area (Å²) in [5.41, 5.74) is 2.46. The highest BCUT2D eigenvalue weighted by molar-refractivity contribution is 5.95. The molecule has 0 spiro atoms. The summed E-state index contributed by atoms with van der Waals surface area (Å²) in [6, 6.07) is 15.2. The van der Waals surface area contributed by atoms with E-state index in [1.54, 1.807) is 31.4 Å². The molecule has 1 aliphatic heterocycles. The van der Waals surface area contributed by atoms with Crippen molar-refractivity contribution in [3.63, 3.8) is 0 Å². The van der Waals surface area contributed by atoms with E-state index in [9.17, 15) is 9.59 Å². The smallest absolute Gasteiger partial charge is 0.319 e. The molecule has 1 aliphatic rings. The number of likely N-dealkylation sites (tertiary alicyclic amines) is 1. The van der Waals surface area contributed by atoms with E-state index in [1.165, 1.54) is 5.56 Å². The summed E-state index contributed by atoms with van der Waals surface area (Å²) in [6.45, 7) is 5.45. The number of ether oxygens (including phenoxy) is 1. The average Bonchev–Trinajstić information content (AvgIpc) is 2.77. The summed E-state index contributed by atoms with van der Waals surface area (Å²) < 4.78 is 5.29. The molecule has 0 aromatic heterocycles. The van der Waals surface area contributed by atoms with Crippen LogP contribution < -0.4 is 20.7 Å². The average molecular weight is 439 g/mol. The van der Waals surface area contributed by atoms with Crippen LogP contribution in [0.15, 0.2) is 48.5 Å². The fourth-order valence-electron chi connectivity index (χ4n) is 4.26. The summed E-state index contributed by atoms with van der Waals surface area (Å²) in [5, 5.41) is 8.64. The van der Waals surface area contributed by atoms with Crippen molar-refractivity contribution in [3.8, 4) is 5.75 Å². The molecule has 1 fully saturated rings. The SMILES string of the molecule is COc1ccc(C2C(CNC(=O)c3ccc(NC(=O)NC(C)C)cc3)CCCN2C)cc1. The third kappa shape index (κ3) is 6.23. The molecule has 1 saturated heterocycles. The second kappa shape index (κ2) is 11.0. The normalized spacial score (nSPS) is 18.8. The molecule has 2 unspecified atom stereocenters. The molecule has 0 saturated carbocycles. The Hall–Kier alpha value is -3.06. The number of urea groups is 1. The molecule has 0 aliphatic carbocycles. The van der Waals surface area contributed by atoms with Gasteiger partial charge in [0.1, 0.15) is 5.75 Å². The second-order valence-electron chi connectivity index (χ2n) is 8.64. The van der Waals surface area contributed by atoms with Crippen LogP contribution in [0.1, 0.15) is 48.7 Å². The van der Waals surface area contributed by atoms with Gasteiger partial charge in [0.2, 0.25) is 0 Å². The minimum Gasteiger partial charge on any atom is -0.497 e. The quantitative estimate of drug-likeness (QED) is 0.609. The van der Waals surface area contributed by atoms with Gasteiger partial charge in [0, 0.05) is 29.9 Å². The number of carbonyl (C=O) groups excluding carboxylic acids is 2. The predicted molar refractivity (Wildman–Crippen MR) is 127 cm³/mol. The van der Waals surface area contributed by atoms with Gasteiger partial charge in [-0.2, -0.15) is 0 Å². The van der Waals surface area contributed by atoms with Gasteiger partial charge in [-0.3, -0.25) is 9.69 Å². The minimum atomic E-state index is -0.261. The number of hydrogen-bond donors (Lipinski definition) is 3. The summed E-state index contributed by atoms with van der Waals surface area (Å²) in [6.07, 6.45) is 2.18. The number of nitrogens with one attached hydrogen (secondary N) is 3. The minimum absolute atomic E-state index is 0.0561. The Balaban J connectivity index is 1.60. The van der Waals surface area contributed by atoms with Crippen LogP contribution in [0.4, 0.5) is 10.5 Å². The molecular formula is C25H34N4O3. The maximum atomic E-state index is 12.7. The summed E-state index contributed by atoms with van der Waals surface area (Å²) in [5.74, 6) is 1.06. The first-order chi connectivity index (χ1) is 15.4. The predicted octanol–water partition coefficient (Wildman–Crippen LogP) is 4.04. The molecule has 32 heavy (non-hydrogen) atoms. The maximum absolute atomic E-state index is 12.7. The first-order valence-corrected chi connectivity index (χ1v) is 11.2. The van der Waals surface area contributed by atoms with Crippen LogP contribution in [0.25, 0.3) is 0 Å². The summed E-state index contributed by atoms with van der Waals surface area (Å²) in [4.78, 5) is 26.9. The first kappa shape index (κ1) is 23.6. The molecule has 2 aromatic rings. The van der Waals surface area contributed by atoms with Gasteiger partial charge in [-0.1, -0.05) is 12.1 Å². The number of rotatable bonds is 7. The van der Waals surface area contributed by atoms with Gasteiger partial charge in [-0.05, 0) is 88.2 Å². The Kier molecular flexibility index (Phi) is 8.11. The van der Waals surface area contributed by atoms with E-state index >= 15 is 0 Å². The highest BCUT2D eigenvalue weighted by Crippen LogP contribution is 2.35. The summed E-state index contributed by atoms with van der Waals surface area (Å²) >= 11 is 0. The van der Waals surface area contributed by atoms with Gasteiger partial charge in [-0.25, -0.2) is 4.79 Å². The van der Waals surface area contributed by atoms with Crippen LogP contribution in [0, 0.1) is 5.92 Å². The zero-order valence-electron chi connectivity index (χ0n) is 19.4. The van der Waals surface area contributed by atoms with Crippen LogP contribution in [0.3, 0.4) is 0 Å². The number of carbonyl (C=O) groups is 2. The number of piperidine rings is 1. The van der Waals surface area contributed by atoms with E-state index in [-0.39, 0.29) is 24.0 Å². The number of methoxy groups -OCH3 is 1. The van der Waals surface area contributed by atoms with Crippen LogP contribution in [-0.2, 0) is 0 Å². The molecule has 3 rings (SSSR count). The number of benzene rings is 2. The van der Waals surface area contributed by atoms with E-state index in [1.807, 2.05) is 26.0 Å². The third-order valence-electron chi connectivity index (χ3n) is 5.81. The number of nitrogens with zero attached hydrogens (tertiary/aromatic N) is 1. The molecule has 3 amide bonds. The van der Waals surface area contributed by atoms with Crippen molar-refractivity contribution < 1.29 is 14.3 Å². The topological polar surface area (TPSA) is 82.7 Å². The molecule has 2 aromatic carbocycles. The molecule has 1 heterocycles. The maximum Gasteiger partial charge on any atom is 0.319 e. The van der Waals surface area contributed by atoms with Crippen LogP contribution >= 0.6 is 0 Å². The lowest BCUT2D eigenvalue weighted by Crippen LogP contribution is -2.41. The van der Waals surface area contributed by atoms with Crippen LogP contribution in [-0.4, -0.2) is 50.1 Å². The lowest BCUT2D eigenvalue weighted by atomic mass is 9.85. The zero-order valence-corrected chi connectivity index (χ0v) is 19.4. The van der Waals surface area contributed by atoms with Gasteiger partial charge >= 0.3 is 6.03 Å². The molecular weight excluding hydrogens is 404 g/mol. The molecule has 172 valence electrons. The molecule has 3 N–H and O–H groups in total. The Morgan fingerprint density at radius 3 is 2.41 bits per heavy atom. The van der Waals surface area contributed by atoms with Crippen molar-refractivity contribution in [1.82, 2.24) is 15.5 Å². The largest absolute Gasteiger partial charge is 0.497 e. The zero-order chi connectivity index (χ0) is 23.1. The van der Waals surface area contributed by atoms with Gasteiger partial charge in [0.25, 0.3) is 5.91 Å². The van der Waals surface area contributed by atoms with Crippen molar-refractivity contribution in [2.75, 3.05) is 32.6 Å². The number of hydrogen-bond acceptors (Lipinski definition) is 4. The van der Waals surface area contributed by atoms with Crippen molar-refractivity contribution in [2.45, 2.75) is 38.8 Å². The molecule has 2 atom stereocenters. The lowest BCUT2D eigenvalue weighted by molar-refractivity contribution is 0.0891. The van der Waals surface area contributed by atoms with Gasteiger partial charge in [0.05, 0.1) is 7.11 Å². The van der Waals surface area contributed by atoms with E-state index in [2.05, 4.69) is 40.0 Å². The first-order valence-electron chi connectivity index (χ1n) is 11.2. The van der Waals surface area contributed by atoms with E-state index in [4.69, 9.17) is 4.74 Å². The molecule has 0 radical (unpaired) electrons. The monoisotopic (exact) mass is 438 g/mol. The highest BCUT2D eigenvalue weighted by Gasteiger charge is 2.30. The van der Waals surface area contributed by atoms with Gasteiger partial charge < -0.3 is 20.7 Å². The van der Waals surface area contributed by atoms with Crippen molar-refractivity contribution in [3.05, 3.63) is 59.7 Å². The van der Waals surface area contributed by atoms with Gasteiger partial charge in [-0.15, -0.1) is 0 Å². The Labute approximate surface area is 190 Å². The van der Waals surface area contributed by atoms with E-state index in [0.29, 0.717) is 23.7 Å². The van der Waals surface area contributed by atoms with Crippen molar-refractivity contribution in [1.29, 1.82) is 0 Å². The highest BCUT2D eigenvalue weighted by atomic mass is 16.5. The van der Waals surface area contributed by atoms with Crippen LogP contribution in [0.5, 0.6) is 5.75 Å². The van der Waals surface area contributed by atoms with Crippen molar-refractivity contribution >= 4 is 17.6 Å². The standard InChI is InChI=1S/C25H34N4O3/c1-17(2)27-25(31)28-21-11-7-19(8-12-21)24(30)26-16-20-6-5-15-29(3)23(20)18-9-13-22(32-4)14-10-18/h7-14,17,20,23H,5-6,15-16H2,1-4H3,(H,26,30)(H2,27,28,31). The molecule has 0 bridgehead atoms. The fourth-order valence-corrected chi connectivity index (χ4v) is 4.26. The third-order valence-corrected chi connectivity index (χ3v) is 5.81. The fraction of sp³-hybridized carbons (Fsp3) is 0.440. The van der Waals surface area contributed by atoms with E-state index < -0.39 is 0 Å². The Morgan fingerprint density at radius 2 is 1.78 bits per heavy atom. The molecule has 7 nitrogen and oxygen atoms in total. The number of amides is 3. The summed E-state index contributed by atoms with van der Waals surface area (Å²) in [7, 11) is 3.81. The lowest BCUT2D eigenvalue weighted by Gasteiger charge is -2.39. The van der Waals surface area contributed by atoms with Crippen LogP contribution in [0.2, 0.25) is 0 Å². The Bertz CT molecular complexity index is 896. The second-order valence-corrected chi connectivity index (χ2v) is 8.64.